The Morgan fingerprint density at radius 2 is 1.37 bits per heavy atom. The van der Waals surface area contributed by atoms with E-state index in [1.54, 1.807) is 0 Å². The summed E-state index contributed by atoms with van der Waals surface area (Å²) in [4.78, 5) is 0. The molecule has 0 aliphatic carbocycles. The Morgan fingerprint density at radius 3 is 1.74 bits per heavy atom. The molecule has 0 radical (unpaired) electrons. The van der Waals surface area contributed by atoms with E-state index in [0.717, 1.165) is 0 Å². The highest BCUT2D eigenvalue weighted by Gasteiger charge is 2.38. The normalized spacial score (nSPS) is 15.2. The van der Waals surface area contributed by atoms with Crippen LogP contribution in [-0.4, -0.2) is 20.7 Å². The predicted octanol–water partition coefficient (Wildman–Crippen LogP) is 5.28. The Hall–Kier alpha value is -0.646. The molecule has 0 fully saturated rings. The summed E-state index contributed by atoms with van der Waals surface area (Å²) < 4.78 is 2.86. The lowest BCUT2D eigenvalue weighted by Crippen LogP contribution is -2.59. The molecule has 0 saturated carbocycles. The van der Waals surface area contributed by atoms with Crippen molar-refractivity contribution in [2.75, 3.05) is 0 Å². The first-order valence-electron chi connectivity index (χ1n) is 7.15. The van der Waals surface area contributed by atoms with E-state index in [2.05, 4.69) is 92.9 Å². The molecular formula is C16H29NSi2. The SMILES string of the molecule is CC=CC(c1ccccc1)N([Si](C)(C)C)[Si](C)(C)C. The fourth-order valence-corrected chi connectivity index (χ4v) is 13.2. The van der Waals surface area contributed by atoms with Crippen LogP contribution in [0.2, 0.25) is 39.3 Å². The van der Waals surface area contributed by atoms with Gasteiger partial charge in [0.15, 0.2) is 0 Å². The predicted molar refractivity (Wildman–Crippen MR) is 92.5 cm³/mol. The van der Waals surface area contributed by atoms with E-state index >= 15 is 0 Å². The van der Waals surface area contributed by atoms with E-state index in [1.807, 2.05) is 0 Å². The van der Waals surface area contributed by atoms with E-state index in [4.69, 9.17) is 0 Å². The monoisotopic (exact) mass is 291 g/mol. The molecule has 106 valence electrons. The number of allylic oxidation sites excluding steroid dienone is 1. The van der Waals surface area contributed by atoms with Crippen LogP contribution in [-0.2, 0) is 0 Å². The Balaban J connectivity index is 3.30. The number of rotatable bonds is 5. The van der Waals surface area contributed by atoms with Crippen LogP contribution in [0, 0.1) is 0 Å². The van der Waals surface area contributed by atoms with Gasteiger partial charge in [-0.05, 0) is 12.5 Å². The number of hydrogen-bond acceptors (Lipinski definition) is 1. The van der Waals surface area contributed by atoms with Gasteiger partial charge in [-0.25, -0.2) is 0 Å². The standard InChI is InChI=1S/C16H29NSi2/c1-8-12-16(15-13-10-9-11-14-15)17(18(2,3)4)19(5,6)7/h8-14,16H,1-7H3. The van der Waals surface area contributed by atoms with Gasteiger partial charge in [-0.2, -0.15) is 0 Å². The van der Waals surface area contributed by atoms with Crippen LogP contribution in [0.15, 0.2) is 42.5 Å². The third kappa shape index (κ3) is 4.44. The average Bonchev–Trinajstić information content (AvgIpc) is 2.26. The van der Waals surface area contributed by atoms with Gasteiger partial charge in [0, 0.05) is 6.04 Å². The van der Waals surface area contributed by atoms with Crippen LogP contribution >= 0.6 is 0 Å². The Kier molecular flexibility index (Phi) is 5.36. The Morgan fingerprint density at radius 1 is 0.895 bits per heavy atom. The van der Waals surface area contributed by atoms with Crippen molar-refractivity contribution < 1.29 is 0 Å². The lowest BCUT2D eigenvalue weighted by molar-refractivity contribution is 0.536. The van der Waals surface area contributed by atoms with Gasteiger partial charge in [0.1, 0.15) is 16.5 Å². The third-order valence-electron chi connectivity index (χ3n) is 3.24. The lowest BCUT2D eigenvalue weighted by Gasteiger charge is -2.48. The summed E-state index contributed by atoms with van der Waals surface area (Å²) in [6, 6.07) is 11.4. The minimum atomic E-state index is -1.36. The molecule has 1 unspecified atom stereocenters. The first-order chi connectivity index (χ1) is 8.68. The number of nitrogens with zero attached hydrogens (tertiary/aromatic N) is 1. The molecule has 1 atom stereocenters. The maximum atomic E-state index is 2.86. The molecule has 1 aromatic carbocycles. The van der Waals surface area contributed by atoms with Crippen LogP contribution < -0.4 is 0 Å². The maximum absolute atomic E-state index is 2.86. The van der Waals surface area contributed by atoms with Crippen LogP contribution in [0.5, 0.6) is 0 Å². The summed E-state index contributed by atoms with van der Waals surface area (Å²) in [7, 11) is -2.72. The molecule has 0 spiro atoms. The van der Waals surface area contributed by atoms with Gasteiger partial charge < -0.3 is 4.23 Å². The fourth-order valence-electron chi connectivity index (χ4n) is 3.02. The van der Waals surface area contributed by atoms with Gasteiger partial charge in [0.25, 0.3) is 0 Å². The highest BCUT2D eigenvalue weighted by atomic mass is 28.4. The van der Waals surface area contributed by atoms with Crippen LogP contribution in [0.3, 0.4) is 0 Å². The molecule has 0 aliphatic heterocycles. The first-order valence-corrected chi connectivity index (χ1v) is 14.0. The largest absolute Gasteiger partial charge is 0.336 e. The number of hydrogen-bond donors (Lipinski definition) is 0. The van der Waals surface area contributed by atoms with Gasteiger partial charge in [-0.15, -0.1) is 0 Å². The minimum absolute atomic E-state index is 0.435. The molecule has 3 heteroatoms. The molecule has 1 aromatic rings. The quantitative estimate of drug-likeness (QED) is 0.527. The van der Waals surface area contributed by atoms with Crippen molar-refractivity contribution in [1.82, 2.24) is 4.23 Å². The molecular weight excluding hydrogens is 262 g/mol. The molecule has 0 N–H and O–H groups in total. The summed E-state index contributed by atoms with van der Waals surface area (Å²) in [6.07, 6.45) is 4.57. The highest BCUT2D eigenvalue weighted by Crippen LogP contribution is 2.33. The zero-order valence-corrected chi connectivity index (χ0v) is 15.6. The third-order valence-corrected chi connectivity index (χ3v) is 10.7. The second kappa shape index (κ2) is 6.20. The Labute approximate surface area is 121 Å². The van der Waals surface area contributed by atoms with E-state index in [9.17, 15) is 0 Å². The van der Waals surface area contributed by atoms with Crippen molar-refractivity contribution in [2.24, 2.45) is 0 Å². The van der Waals surface area contributed by atoms with Crippen molar-refractivity contribution >= 4 is 16.5 Å². The summed E-state index contributed by atoms with van der Waals surface area (Å²) in [6.45, 7) is 16.9. The minimum Gasteiger partial charge on any atom is -0.336 e. The highest BCUT2D eigenvalue weighted by molar-refractivity contribution is 6.89. The van der Waals surface area contributed by atoms with Gasteiger partial charge in [-0.3, -0.25) is 0 Å². The lowest BCUT2D eigenvalue weighted by atomic mass is 10.1. The molecule has 0 saturated heterocycles. The zero-order valence-electron chi connectivity index (χ0n) is 13.6. The topological polar surface area (TPSA) is 3.24 Å². The van der Waals surface area contributed by atoms with Crippen LogP contribution in [0.4, 0.5) is 0 Å². The molecule has 1 rings (SSSR count). The molecule has 0 aliphatic rings. The molecule has 19 heavy (non-hydrogen) atoms. The van der Waals surface area contributed by atoms with Gasteiger partial charge in [0.2, 0.25) is 0 Å². The molecule has 0 aromatic heterocycles. The smallest absolute Gasteiger partial charge is 0.113 e. The van der Waals surface area contributed by atoms with E-state index in [1.165, 1.54) is 5.56 Å². The second-order valence-corrected chi connectivity index (χ2v) is 17.2. The first kappa shape index (κ1) is 16.4. The zero-order chi connectivity index (χ0) is 14.7. The summed E-state index contributed by atoms with van der Waals surface area (Å²) in [5.41, 5.74) is 1.42. The summed E-state index contributed by atoms with van der Waals surface area (Å²) >= 11 is 0. The molecule has 0 heterocycles. The fraction of sp³-hybridized carbons (Fsp3) is 0.500. The maximum Gasteiger partial charge on any atom is 0.113 e. The molecule has 1 nitrogen and oxygen atoms in total. The van der Waals surface area contributed by atoms with Crippen molar-refractivity contribution in [2.45, 2.75) is 52.2 Å². The van der Waals surface area contributed by atoms with E-state index < -0.39 is 16.5 Å². The van der Waals surface area contributed by atoms with E-state index in [0.29, 0.717) is 6.04 Å². The average molecular weight is 292 g/mol. The van der Waals surface area contributed by atoms with Gasteiger partial charge in [-0.1, -0.05) is 81.8 Å². The summed E-state index contributed by atoms with van der Waals surface area (Å²) in [5, 5.41) is 0. The molecule has 0 bridgehead atoms. The second-order valence-electron chi connectivity index (χ2n) is 7.09. The summed E-state index contributed by atoms with van der Waals surface area (Å²) in [5.74, 6) is 0. The van der Waals surface area contributed by atoms with Crippen molar-refractivity contribution in [3.8, 4) is 0 Å². The number of benzene rings is 1. The van der Waals surface area contributed by atoms with Crippen LogP contribution in [0.1, 0.15) is 18.5 Å². The van der Waals surface area contributed by atoms with Gasteiger partial charge in [0.05, 0.1) is 0 Å². The van der Waals surface area contributed by atoms with E-state index in [-0.39, 0.29) is 0 Å². The Bertz CT molecular complexity index is 399. The van der Waals surface area contributed by atoms with Crippen molar-refractivity contribution in [3.63, 3.8) is 0 Å². The van der Waals surface area contributed by atoms with Crippen LogP contribution in [0.25, 0.3) is 0 Å². The van der Waals surface area contributed by atoms with Crippen molar-refractivity contribution in [3.05, 3.63) is 48.0 Å². The van der Waals surface area contributed by atoms with Crippen molar-refractivity contribution in [1.29, 1.82) is 0 Å². The molecule has 0 amide bonds. The van der Waals surface area contributed by atoms with Gasteiger partial charge >= 0.3 is 0 Å².